The number of hydrogen-bond acceptors (Lipinski definition) is 3. The first kappa shape index (κ1) is 9.89. The normalized spacial score (nSPS) is 11.3. The summed E-state index contributed by atoms with van der Waals surface area (Å²) < 4.78 is 29.2. The van der Waals surface area contributed by atoms with E-state index in [-0.39, 0.29) is 6.01 Å². The lowest BCUT2D eigenvalue weighted by Gasteiger charge is -2.09. The summed E-state index contributed by atoms with van der Waals surface area (Å²) in [6, 6.07) is -0.101. The zero-order chi connectivity index (χ0) is 9.90. The molecule has 0 bridgehead atoms. The third-order valence-electron chi connectivity index (χ3n) is 1.10. The molecule has 0 aliphatic carbocycles. The molecule has 1 rings (SSSR count). The van der Waals surface area contributed by atoms with E-state index in [1.165, 1.54) is 12.4 Å². The first-order chi connectivity index (χ1) is 5.97. The molecule has 3 nitrogen and oxygen atoms in total. The number of halogens is 2. The van der Waals surface area contributed by atoms with Crippen molar-refractivity contribution >= 4 is 13.3 Å². The molecule has 0 N–H and O–H groups in total. The smallest absolute Gasteiger partial charge is 0.316 e. The van der Waals surface area contributed by atoms with Gasteiger partial charge in [0, 0.05) is 19.3 Å². The van der Waals surface area contributed by atoms with E-state index in [0.717, 1.165) is 6.92 Å². The molecule has 0 aliphatic rings. The van der Waals surface area contributed by atoms with Crippen LogP contribution in [0.2, 0.25) is 0 Å². The molecule has 1 aromatic heterocycles. The zero-order valence-corrected chi connectivity index (χ0v) is 7.00. The first-order valence-corrected chi connectivity index (χ1v) is 3.55. The minimum absolute atomic E-state index is 0.101. The largest absolute Gasteiger partial charge is 0.457 e. The number of hydrogen-bond donors (Lipinski definition) is 0. The standard InChI is InChI=1S/C7H7BF2N2O/c1-7(9,10)4-13-6-11-2-5(8)3-12-6/h2-3H,4H2,1H3. The van der Waals surface area contributed by atoms with E-state index in [1.54, 1.807) is 0 Å². The van der Waals surface area contributed by atoms with Crippen molar-refractivity contribution in [3.05, 3.63) is 12.4 Å². The van der Waals surface area contributed by atoms with Crippen molar-refractivity contribution in [2.45, 2.75) is 12.8 Å². The summed E-state index contributed by atoms with van der Waals surface area (Å²) in [7, 11) is 5.28. The van der Waals surface area contributed by atoms with Crippen LogP contribution >= 0.6 is 0 Å². The van der Waals surface area contributed by atoms with Crippen molar-refractivity contribution in [1.82, 2.24) is 9.97 Å². The Morgan fingerprint density at radius 1 is 1.46 bits per heavy atom. The van der Waals surface area contributed by atoms with Gasteiger partial charge in [0.2, 0.25) is 0 Å². The highest BCUT2D eigenvalue weighted by Crippen LogP contribution is 2.12. The molecule has 0 saturated heterocycles. The minimum Gasteiger partial charge on any atom is -0.457 e. The Balaban J connectivity index is 2.51. The van der Waals surface area contributed by atoms with E-state index in [9.17, 15) is 8.78 Å². The fourth-order valence-corrected chi connectivity index (χ4v) is 0.592. The van der Waals surface area contributed by atoms with Crippen LogP contribution in [-0.2, 0) is 0 Å². The van der Waals surface area contributed by atoms with Gasteiger partial charge in [0.15, 0.2) is 6.61 Å². The number of ether oxygens (including phenoxy) is 1. The van der Waals surface area contributed by atoms with E-state index in [1.807, 2.05) is 0 Å². The van der Waals surface area contributed by atoms with Gasteiger partial charge < -0.3 is 4.74 Å². The molecule has 6 heteroatoms. The Kier molecular flexibility index (Phi) is 2.80. The van der Waals surface area contributed by atoms with E-state index in [0.29, 0.717) is 5.46 Å². The van der Waals surface area contributed by atoms with Gasteiger partial charge in [-0.2, -0.15) is 0 Å². The topological polar surface area (TPSA) is 35.0 Å². The Hall–Kier alpha value is -1.20. The Morgan fingerprint density at radius 2 is 2.00 bits per heavy atom. The van der Waals surface area contributed by atoms with Crippen molar-refractivity contribution in [2.75, 3.05) is 6.61 Å². The lowest BCUT2D eigenvalue weighted by molar-refractivity contribution is -0.0256. The number of nitrogens with zero attached hydrogens (tertiary/aromatic N) is 2. The maximum absolute atomic E-state index is 12.3. The predicted octanol–water partition coefficient (Wildman–Crippen LogP) is 0.304. The van der Waals surface area contributed by atoms with E-state index < -0.39 is 12.5 Å². The van der Waals surface area contributed by atoms with Gasteiger partial charge in [0.1, 0.15) is 7.85 Å². The molecule has 0 fully saturated rings. The van der Waals surface area contributed by atoms with Gasteiger partial charge >= 0.3 is 6.01 Å². The lowest BCUT2D eigenvalue weighted by atomic mass is 10.0. The molecule has 13 heavy (non-hydrogen) atoms. The van der Waals surface area contributed by atoms with Gasteiger partial charge in [0.25, 0.3) is 5.92 Å². The van der Waals surface area contributed by atoms with Crippen LogP contribution in [0.3, 0.4) is 0 Å². The number of aromatic nitrogens is 2. The van der Waals surface area contributed by atoms with E-state index >= 15 is 0 Å². The van der Waals surface area contributed by atoms with Crippen LogP contribution in [0.5, 0.6) is 6.01 Å². The van der Waals surface area contributed by atoms with Gasteiger partial charge in [0.05, 0.1) is 0 Å². The summed E-state index contributed by atoms with van der Waals surface area (Å²) >= 11 is 0. The molecule has 0 amide bonds. The second kappa shape index (κ2) is 3.68. The average Bonchev–Trinajstić information content (AvgIpc) is 2.02. The average molecular weight is 184 g/mol. The van der Waals surface area contributed by atoms with E-state index in [2.05, 4.69) is 14.7 Å². The molecule has 68 valence electrons. The van der Waals surface area contributed by atoms with Crippen LogP contribution in [0.4, 0.5) is 8.78 Å². The van der Waals surface area contributed by atoms with Crippen molar-refractivity contribution in [1.29, 1.82) is 0 Å². The van der Waals surface area contributed by atoms with Crippen LogP contribution in [0.25, 0.3) is 0 Å². The van der Waals surface area contributed by atoms with Gasteiger partial charge in [-0.05, 0) is 0 Å². The summed E-state index contributed by atoms with van der Waals surface area (Å²) in [5.74, 6) is -2.88. The van der Waals surface area contributed by atoms with Crippen molar-refractivity contribution in [2.24, 2.45) is 0 Å². The molecule has 0 saturated carbocycles. The summed E-state index contributed by atoms with van der Waals surface area (Å²) in [5, 5.41) is 0. The molecule has 1 aromatic rings. The molecule has 0 spiro atoms. The second-order valence-corrected chi connectivity index (χ2v) is 2.66. The van der Waals surface area contributed by atoms with Gasteiger partial charge in [-0.25, -0.2) is 18.7 Å². The van der Waals surface area contributed by atoms with Crippen molar-refractivity contribution in [3.8, 4) is 6.01 Å². The first-order valence-electron chi connectivity index (χ1n) is 3.55. The van der Waals surface area contributed by atoms with Gasteiger partial charge in [-0.15, -0.1) is 0 Å². The molecule has 0 unspecified atom stereocenters. The lowest BCUT2D eigenvalue weighted by Crippen LogP contribution is -2.22. The highest BCUT2D eigenvalue weighted by Gasteiger charge is 2.22. The predicted molar refractivity (Wildman–Crippen MR) is 43.5 cm³/mol. The summed E-state index contributed by atoms with van der Waals surface area (Å²) in [6.07, 6.45) is 2.58. The molecule has 1 heterocycles. The molecule has 0 aromatic carbocycles. The molecule has 2 radical (unpaired) electrons. The van der Waals surface area contributed by atoms with Crippen LogP contribution in [0.15, 0.2) is 12.4 Å². The summed E-state index contributed by atoms with van der Waals surface area (Å²) in [4.78, 5) is 7.18. The van der Waals surface area contributed by atoms with Crippen LogP contribution in [0.1, 0.15) is 6.92 Å². The Labute approximate surface area is 75.6 Å². The maximum Gasteiger partial charge on any atom is 0.316 e. The second-order valence-electron chi connectivity index (χ2n) is 2.66. The zero-order valence-electron chi connectivity index (χ0n) is 7.00. The third-order valence-corrected chi connectivity index (χ3v) is 1.10. The molecular formula is C7H7BF2N2O. The van der Waals surface area contributed by atoms with E-state index in [4.69, 9.17) is 7.85 Å². The van der Waals surface area contributed by atoms with Crippen LogP contribution in [-0.4, -0.2) is 30.3 Å². The van der Waals surface area contributed by atoms with Crippen molar-refractivity contribution < 1.29 is 13.5 Å². The third kappa shape index (κ3) is 3.82. The summed E-state index contributed by atoms with van der Waals surface area (Å²) in [6.45, 7) is 0.0151. The van der Waals surface area contributed by atoms with Gasteiger partial charge in [-0.1, -0.05) is 5.46 Å². The number of alkyl halides is 2. The van der Waals surface area contributed by atoms with Gasteiger partial charge in [-0.3, -0.25) is 0 Å². The minimum atomic E-state index is -2.88. The highest BCUT2D eigenvalue weighted by molar-refractivity contribution is 6.31. The molecule has 0 atom stereocenters. The monoisotopic (exact) mass is 184 g/mol. The fraction of sp³-hybridized carbons (Fsp3) is 0.429. The summed E-state index contributed by atoms with van der Waals surface area (Å²) in [5.41, 5.74) is 0.357. The van der Waals surface area contributed by atoms with Crippen LogP contribution in [0, 0.1) is 0 Å². The Morgan fingerprint density at radius 3 is 2.46 bits per heavy atom. The SMILES string of the molecule is [B]c1cnc(OCC(C)(F)F)nc1. The highest BCUT2D eigenvalue weighted by atomic mass is 19.3. The quantitative estimate of drug-likeness (QED) is 0.633. The fourth-order valence-electron chi connectivity index (χ4n) is 0.592. The van der Waals surface area contributed by atoms with Crippen molar-refractivity contribution in [3.63, 3.8) is 0 Å². The maximum atomic E-state index is 12.3. The molecular weight excluding hydrogens is 177 g/mol. The number of rotatable bonds is 3. The molecule has 0 aliphatic heterocycles. The Bertz CT molecular complexity index is 273. The van der Waals surface area contributed by atoms with Crippen LogP contribution < -0.4 is 10.2 Å².